The van der Waals surface area contributed by atoms with Crippen LogP contribution in [0.4, 0.5) is 5.69 Å². The van der Waals surface area contributed by atoms with Crippen molar-refractivity contribution in [1.29, 1.82) is 0 Å². The minimum Gasteiger partial charge on any atom is -0.321 e. The number of hydrogen-bond donors (Lipinski definition) is 1. The number of carbonyl (C=O) groups excluding carboxylic acids is 1. The number of thiophene rings is 1. The van der Waals surface area contributed by atoms with E-state index in [-0.39, 0.29) is 5.91 Å². The second-order valence-electron chi connectivity index (χ2n) is 6.99. The smallest absolute Gasteiger partial charge is 0.265 e. The van der Waals surface area contributed by atoms with Crippen molar-refractivity contribution in [2.75, 3.05) is 18.9 Å². The lowest BCUT2D eigenvalue weighted by atomic mass is 10.0. The number of anilines is 1. The van der Waals surface area contributed by atoms with Crippen LogP contribution in [-0.2, 0) is 13.0 Å². The highest BCUT2D eigenvalue weighted by atomic mass is 35.5. The SMILES string of the molecule is CN1CCCc2cc(NC(=O)c3cc(-c4ccc(Cl)cc4)cs3)ccc2C1. The summed E-state index contributed by atoms with van der Waals surface area (Å²) in [6.45, 7) is 2.08. The van der Waals surface area contributed by atoms with Gasteiger partial charge in [-0.2, -0.15) is 0 Å². The molecular formula is C22H21ClN2OS. The number of amides is 1. The first-order valence-corrected chi connectivity index (χ1v) is 10.3. The summed E-state index contributed by atoms with van der Waals surface area (Å²) in [6, 6.07) is 15.9. The zero-order chi connectivity index (χ0) is 18.8. The molecule has 1 N–H and O–H groups in total. The van der Waals surface area contributed by atoms with Gasteiger partial charge in [-0.05, 0) is 84.4 Å². The van der Waals surface area contributed by atoms with Gasteiger partial charge in [0.2, 0.25) is 0 Å². The maximum atomic E-state index is 12.7. The molecule has 1 amide bonds. The summed E-state index contributed by atoms with van der Waals surface area (Å²) in [5, 5.41) is 5.77. The van der Waals surface area contributed by atoms with E-state index in [1.54, 1.807) is 0 Å². The first-order chi connectivity index (χ1) is 13.1. The van der Waals surface area contributed by atoms with Crippen LogP contribution in [0.15, 0.2) is 53.9 Å². The predicted octanol–water partition coefficient (Wildman–Crippen LogP) is 5.70. The van der Waals surface area contributed by atoms with Crippen molar-refractivity contribution in [1.82, 2.24) is 4.90 Å². The van der Waals surface area contributed by atoms with Gasteiger partial charge in [0.15, 0.2) is 0 Å². The molecule has 1 aromatic heterocycles. The van der Waals surface area contributed by atoms with E-state index in [2.05, 4.69) is 29.4 Å². The van der Waals surface area contributed by atoms with E-state index < -0.39 is 0 Å². The van der Waals surface area contributed by atoms with Gasteiger partial charge in [0.05, 0.1) is 4.88 Å². The average molecular weight is 397 g/mol. The Balaban J connectivity index is 1.50. The summed E-state index contributed by atoms with van der Waals surface area (Å²) in [6.07, 6.45) is 2.21. The molecule has 1 aliphatic heterocycles. The van der Waals surface area contributed by atoms with Crippen molar-refractivity contribution in [2.45, 2.75) is 19.4 Å². The molecule has 1 aliphatic rings. The summed E-state index contributed by atoms with van der Waals surface area (Å²) in [5.41, 5.74) is 5.65. The fraction of sp³-hybridized carbons (Fsp3) is 0.227. The second-order valence-corrected chi connectivity index (χ2v) is 8.33. The molecule has 0 atom stereocenters. The molecule has 3 aromatic rings. The Hall–Kier alpha value is -2.14. The van der Waals surface area contributed by atoms with E-state index in [1.165, 1.54) is 22.5 Å². The van der Waals surface area contributed by atoms with Gasteiger partial charge in [-0.25, -0.2) is 0 Å². The molecule has 0 unspecified atom stereocenters. The maximum absolute atomic E-state index is 12.7. The predicted molar refractivity (Wildman–Crippen MR) is 114 cm³/mol. The Kier molecular flexibility index (Phi) is 5.30. The van der Waals surface area contributed by atoms with Gasteiger partial charge in [0.25, 0.3) is 5.91 Å². The number of benzene rings is 2. The number of nitrogens with zero attached hydrogens (tertiary/aromatic N) is 1. The van der Waals surface area contributed by atoms with Crippen LogP contribution in [0, 0.1) is 0 Å². The molecule has 0 saturated carbocycles. The van der Waals surface area contributed by atoms with E-state index in [4.69, 9.17) is 11.6 Å². The van der Waals surface area contributed by atoms with E-state index in [0.29, 0.717) is 9.90 Å². The standard InChI is InChI=1S/C22H21ClN2OS/c1-25-10-2-3-16-11-20(9-6-17(16)13-25)24-22(26)21-12-18(14-27-21)15-4-7-19(23)8-5-15/h4-9,11-12,14H,2-3,10,13H2,1H3,(H,24,26). The van der Waals surface area contributed by atoms with E-state index in [1.807, 2.05) is 41.8 Å². The first kappa shape index (κ1) is 18.2. The summed E-state index contributed by atoms with van der Waals surface area (Å²) >= 11 is 7.41. The molecule has 0 spiro atoms. The highest BCUT2D eigenvalue weighted by molar-refractivity contribution is 7.12. The number of fused-ring (bicyclic) bond motifs is 1. The van der Waals surface area contributed by atoms with E-state index in [9.17, 15) is 4.79 Å². The van der Waals surface area contributed by atoms with Crippen molar-refractivity contribution in [3.8, 4) is 11.1 Å². The summed E-state index contributed by atoms with van der Waals surface area (Å²) in [7, 11) is 2.15. The number of rotatable bonds is 3. The Morgan fingerprint density at radius 2 is 1.89 bits per heavy atom. The van der Waals surface area contributed by atoms with Crippen LogP contribution in [0.2, 0.25) is 5.02 Å². The van der Waals surface area contributed by atoms with Crippen LogP contribution < -0.4 is 5.32 Å². The monoisotopic (exact) mass is 396 g/mol. The third kappa shape index (κ3) is 4.24. The molecule has 0 radical (unpaired) electrons. The van der Waals surface area contributed by atoms with Gasteiger partial charge in [-0.1, -0.05) is 29.8 Å². The first-order valence-electron chi connectivity index (χ1n) is 9.05. The zero-order valence-electron chi connectivity index (χ0n) is 15.2. The number of nitrogens with one attached hydrogen (secondary N) is 1. The quantitative estimate of drug-likeness (QED) is 0.615. The average Bonchev–Trinajstić information content (AvgIpc) is 3.07. The van der Waals surface area contributed by atoms with Crippen molar-refractivity contribution in [3.05, 3.63) is 74.9 Å². The Labute approximate surface area is 168 Å². The van der Waals surface area contributed by atoms with Crippen molar-refractivity contribution >= 4 is 34.5 Å². The van der Waals surface area contributed by atoms with Crippen LogP contribution >= 0.6 is 22.9 Å². The topological polar surface area (TPSA) is 32.3 Å². The van der Waals surface area contributed by atoms with Crippen LogP contribution in [0.5, 0.6) is 0 Å². The molecule has 3 nitrogen and oxygen atoms in total. The second kappa shape index (κ2) is 7.85. The normalized spacial score (nSPS) is 14.4. The van der Waals surface area contributed by atoms with Crippen LogP contribution in [-0.4, -0.2) is 24.4 Å². The third-order valence-electron chi connectivity index (χ3n) is 4.89. The Morgan fingerprint density at radius 1 is 1.07 bits per heavy atom. The molecule has 27 heavy (non-hydrogen) atoms. The van der Waals surface area contributed by atoms with Gasteiger partial charge in [0.1, 0.15) is 0 Å². The van der Waals surface area contributed by atoms with Crippen molar-refractivity contribution < 1.29 is 4.79 Å². The number of aryl methyl sites for hydroxylation is 1. The number of halogens is 1. The van der Waals surface area contributed by atoms with Gasteiger partial charge in [0, 0.05) is 17.3 Å². The summed E-state index contributed by atoms with van der Waals surface area (Å²) in [5.74, 6) is -0.0640. The lowest BCUT2D eigenvalue weighted by Gasteiger charge is -2.14. The minimum atomic E-state index is -0.0640. The molecule has 5 heteroatoms. The van der Waals surface area contributed by atoms with Crippen LogP contribution in [0.3, 0.4) is 0 Å². The minimum absolute atomic E-state index is 0.0640. The van der Waals surface area contributed by atoms with Crippen molar-refractivity contribution in [3.63, 3.8) is 0 Å². The maximum Gasteiger partial charge on any atom is 0.265 e. The Morgan fingerprint density at radius 3 is 2.70 bits per heavy atom. The highest BCUT2D eigenvalue weighted by Crippen LogP contribution is 2.28. The third-order valence-corrected chi connectivity index (χ3v) is 6.07. The van der Waals surface area contributed by atoms with Gasteiger partial charge >= 0.3 is 0 Å². The summed E-state index contributed by atoms with van der Waals surface area (Å²) < 4.78 is 0. The van der Waals surface area contributed by atoms with Gasteiger partial charge < -0.3 is 10.2 Å². The fourth-order valence-corrected chi connectivity index (χ4v) is 4.38. The Bertz CT molecular complexity index is 965. The highest BCUT2D eigenvalue weighted by Gasteiger charge is 2.14. The molecule has 2 heterocycles. The lowest BCUT2D eigenvalue weighted by Crippen LogP contribution is -2.17. The summed E-state index contributed by atoms with van der Waals surface area (Å²) in [4.78, 5) is 15.7. The zero-order valence-corrected chi connectivity index (χ0v) is 16.7. The molecule has 4 rings (SSSR count). The molecule has 0 bridgehead atoms. The molecule has 0 fully saturated rings. The molecule has 2 aromatic carbocycles. The van der Waals surface area contributed by atoms with Gasteiger partial charge in [-0.15, -0.1) is 11.3 Å². The molecule has 0 saturated heterocycles. The largest absolute Gasteiger partial charge is 0.321 e. The van der Waals surface area contributed by atoms with E-state index in [0.717, 1.165) is 42.7 Å². The van der Waals surface area contributed by atoms with E-state index >= 15 is 0 Å². The number of carbonyl (C=O) groups is 1. The van der Waals surface area contributed by atoms with Crippen LogP contribution in [0.1, 0.15) is 27.2 Å². The van der Waals surface area contributed by atoms with Crippen molar-refractivity contribution in [2.24, 2.45) is 0 Å². The molecule has 138 valence electrons. The fourth-order valence-electron chi connectivity index (χ4n) is 3.44. The number of hydrogen-bond acceptors (Lipinski definition) is 3. The van der Waals surface area contributed by atoms with Gasteiger partial charge in [-0.3, -0.25) is 4.79 Å². The lowest BCUT2D eigenvalue weighted by molar-refractivity contribution is 0.103. The molecular weight excluding hydrogens is 376 g/mol. The van der Waals surface area contributed by atoms with Crippen LogP contribution in [0.25, 0.3) is 11.1 Å². The molecule has 0 aliphatic carbocycles.